The lowest BCUT2D eigenvalue weighted by molar-refractivity contribution is -0.140. The molecule has 7 heteroatoms. The van der Waals surface area contributed by atoms with E-state index in [1.165, 1.54) is 4.90 Å². The Labute approximate surface area is 206 Å². The van der Waals surface area contributed by atoms with E-state index >= 15 is 0 Å². The van der Waals surface area contributed by atoms with Crippen LogP contribution in [0.4, 0.5) is 0 Å². The van der Waals surface area contributed by atoms with E-state index in [2.05, 4.69) is 15.9 Å². The molecule has 0 spiro atoms. The summed E-state index contributed by atoms with van der Waals surface area (Å²) in [6.07, 6.45) is 0. The smallest absolute Gasteiger partial charge is 0.295 e. The van der Waals surface area contributed by atoms with Crippen LogP contribution in [0.5, 0.6) is 11.5 Å². The molecule has 3 aromatic carbocycles. The number of carbonyl (C=O) groups excluding carboxylic acids is 2. The summed E-state index contributed by atoms with van der Waals surface area (Å²) in [4.78, 5) is 27.9. The zero-order valence-corrected chi connectivity index (χ0v) is 20.6. The molecule has 1 N–H and O–H groups in total. The van der Waals surface area contributed by atoms with E-state index < -0.39 is 17.7 Å². The number of Topliss-reactive ketones (excluding diaryl/α,β-unsaturated/α-hetero) is 1. The summed E-state index contributed by atoms with van der Waals surface area (Å²) < 4.78 is 11.1. The van der Waals surface area contributed by atoms with E-state index in [1.54, 1.807) is 32.4 Å². The number of ether oxygens (including phenoxy) is 2. The molecule has 1 unspecified atom stereocenters. The third-order valence-electron chi connectivity index (χ3n) is 5.84. The van der Waals surface area contributed by atoms with Crippen LogP contribution in [0.25, 0.3) is 5.76 Å². The van der Waals surface area contributed by atoms with Gasteiger partial charge in [-0.15, -0.1) is 0 Å². The van der Waals surface area contributed by atoms with Crippen LogP contribution in [-0.2, 0) is 16.1 Å². The molecular formula is C27H24BrNO5. The van der Waals surface area contributed by atoms with Crippen molar-refractivity contribution in [2.75, 3.05) is 14.2 Å². The minimum absolute atomic E-state index is 0.0566. The number of methoxy groups -OCH3 is 2. The maximum atomic E-state index is 13.2. The molecule has 0 radical (unpaired) electrons. The molecule has 1 amide bonds. The van der Waals surface area contributed by atoms with Crippen molar-refractivity contribution in [1.82, 2.24) is 4.90 Å². The molecule has 0 aliphatic carbocycles. The summed E-state index contributed by atoms with van der Waals surface area (Å²) in [5, 5.41) is 11.3. The van der Waals surface area contributed by atoms with E-state index in [-0.39, 0.29) is 17.9 Å². The number of ketones is 1. The van der Waals surface area contributed by atoms with Gasteiger partial charge in [-0.2, -0.15) is 0 Å². The van der Waals surface area contributed by atoms with Gasteiger partial charge in [0.05, 0.1) is 30.3 Å². The third-order valence-corrected chi connectivity index (χ3v) is 6.45. The summed E-state index contributed by atoms with van der Waals surface area (Å²) in [7, 11) is 3.13. The molecule has 1 atom stereocenters. The topological polar surface area (TPSA) is 76.1 Å². The molecular weight excluding hydrogens is 498 g/mol. The highest BCUT2D eigenvalue weighted by molar-refractivity contribution is 9.10. The summed E-state index contributed by atoms with van der Waals surface area (Å²) in [6, 6.07) is 19.2. The molecule has 0 saturated carbocycles. The number of benzene rings is 3. The van der Waals surface area contributed by atoms with Gasteiger partial charge in [0.2, 0.25) is 0 Å². The van der Waals surface area contributed by atoms with E-state index in [9.17, 15) is 14.7 Å². The molecule has 4 rings (SSSR count). The van der Waals surface area contributed by atoms with Crippen LogP contribution in [0, 0.1) is 6.92 Å². The number of likely N-dealkylation sites (tertiary alicyclic amines) is 1. The highest BCUT2D eigenvalue weighted by Crippen LogP contribution is 2.41. The van der Waals surface area contributed by atoms with Crippen LogP contribution in [0.3, 0.4) is 0 Å². The van der Waals surface area contributed by atoms with E-state index in [0.717, 1.165) is 16.7 Å². The van der Waals surface area contributed by atoms with Gasteiger partial charge in [-0.3, -0.25) is 9.59 Å². The molecule has 0 bridgehead atoms. The van der Waals surface area contributed by atoms with Gasteiger partial charge >= 0.3 is 0 Å². The molecule has 3 aromatic rings. The Kier molecular flexibility index (Phi) is 6.75. The van der Waals surface area contributed by atoms with Crippen LogP contribution in [0.1, 0.15) is 28.3 Å². The fraction of sp³-hybridized carbons (Fsp3) is 0.185. The molecule has 6 nitrogen and oxygen atoms in total. The molecule has 0 aromatic heterocycles. The summed E-state index contributed by atoms with van der Waals surface area (Å²) >= 11 is 3.42. The average molecular weight is 522 g/mol. The first-order valence-electron chi connectivity index (χ1n) is 10.7. The van der Waals surface area contributed by atoms with Crippen molar-refractivity contribution >= 4 is 33.4 Å². The van der Waals surface area contributed by atoms with Crippen LogP contribution in [-0.4, -0.2) is 35.9 Å². The molecule has 1 aliphatic rings. The SMILES string of the molecule is COc1ccc(CN2C(=O)C(=O)/C(=C(\O)c3ccc(OC)c(Br)c3)C2c2cccc(C)c2)cc1. The molecule has 174 valence electrons. The Morgan fingerprint density at radius 2 is 1.74 bits per heavy atom. The Morgan fingerprint density at radius 3 is 2.35 bits per heavy atom. The predicted molar refractivity (Wildman–Crippen MR) is 133 cm³/mol. The molecule has 1 saturated heterocycles. The zero-order valence-electron chi connectivity index (χ0n) is 19.0. The van der Waals surface area contributed by atoms with Crippen LogP contribution >= 0.6 is 15.9 Å². The van der Waals surface area contributed by atoms with E-state index in [0.29, 0.717) is 21.5 Å². The predicted octanol–water partition coefficient (Wildman–Crippen LogP) is 5.40. The summed E-state index contributed by atoms with van der Waals surface area (Å²) in [6.45, 7) is 2.15. The van der Waals surface area contributed by atoms with Gasteiger partial charge in [-0.25, -0.2) is 0 Å². The first-order valence-corrected chi connectivity index (χ1v) is 11.4. The second-order valence-electron chi connectivity index (χ2n) is 8.04. The highest BCUT2D eigenvalue weighted by atomic mass is 79.9. The van der Waals surface area contributed by atoms with Gasteiger partial charge in [0.15, 0.2) is 0 Å². The minimum atomic E-state index is -0.733. The molecule has 1 aliphatic heterocycles. The lowest BCUT2D eigenvalue weighted by atomic mass is 9.94. The van der Waals surface area contributed by atoms with Gasteiger partial charge in [0.25, 0.3) is 11.7 Å². The van der Waals surface area contributed by atoms with Crippen molar-refractivity contribution in [2.24, 2.45) is 0 Å². The van der Waals surface area contributed by atoms with Crippen molar-refractivity contribution in [3.05, 3.63) is 99.0 Å². The number of rotatable bonds is 6. The normalized spacial score (nSPS) is 17.2. The van der Waals surface area contributed by atoms with Crippen molar-refractivity contribution in [2.45, 2.75) is 19.5 Å². The first kappa shape index (κ1) is 23.6. The lowest BCUT2D eigenvalue weighted by Gasteiger charge is -2.26. The number of hydrogen-bond donors (Lipinski definition) is 1. The van der Waals surface area contributed by atoms with Crippen LogP contribution < -0.4 is 9.47 Å². The van der Waals surface area contributed by atoms with Gasteiger partial charge < -0.3 is 19.5 Å². The van der Waals surface area contributed by atoms with Gasteiger partial charge in [0, 0.05) is 12.1 Å². The average Bonchev–Trinajstić information content (AvgIpc) is 3.09. The number of carbonyl (C=O) groups is 2. The number of amides is 1. The van der Waals surface area contributed by atoms with E-state index in [4.69, 9.17) is 9.47 Å². The quantitative estimate of drug-likeness (QED) is 0.267. The second-order valence-corrected chi connectivity index (χ2v) is 8.89. The molecule has 1 heterocycles. The number of aryl methyl sites for hydroxylation is 1. The Balaban J connectivity index is 1.84. The van der Waals surface area contributed by atoms with E-state index in [1.807, 2.05) is 55.5 Å². The maximum Gasteiger partial charge on any atom is 0.295 e. The van der Waals surface area contributed by atoms with Gasteiger partial charge in [-0.05, 0) is 64.3 Å². The largest absolute Gasteiger partial charge is 0.507 e. The van der Waals surface area contributed by atoms with Crippen LogP contribution in [0.2, 0.25) is 0 Å². The van der Waals surface area contributed by atoms with Crippen molar-refractivity contribution < 1.29 is 24.2 Å². The summed E-state index contributed by atoms with van der Waals surface area (Å²) in [5.41, 5.74) is 3.04. The zero-order chi connectivity index (χ0) is 24.4. The lowest BCUT2D eigenvalue weighted by Crippen LogP contribution is -2.29. The highest BCUT2D eigenvalue weighted by Gasteiger charge is 2.46. The fourth-order valence-corrected chi connectivity index (χ4v) is 4.67. The number of aliphatic hydroxyl groups excluding tert-OH is 1. The maximum absolute atomic E-state index is 13.2. The molecule has 1 fully saturated rings. The minimum Gasteiger partial charge on any atom is -0.507 e. The second kappa shape index (κ2) is 9.73. The molecule has 34 heavy (non-hydrogen) atoms. The summed E-state index contributed by atoms with van der Waals surface area (Å²) in [5.74, 6) is -0.316. The van der Waals surface area contributed by atoms with Gasteiger partial charge in [-0.1, -0.05) is 42.0 Å². The fourth-order valence-electron chi connectivity index (χ4n) is 4.13. The number of hydrogen-bond acceptors (Lipinski definition) is 5. The van der Waals surface area contributed by atoms with Crippen molar-refractivity contribution in [1.29, 1.82) is 0 Å². The monoisotopic (exact) mass is 521 g/mol. The standard InChI is InChI=1S/C27H24BrNO5/c1-16-5-4-6-18(13-16)24-23(25(30)19-9-12-22(34-3)21(28)14-19)26(31)27(32)29(24)15-17-7-10-20(33-2)11-8-17/h4-14,24,30H,15H2,1-3H3/b25-23-. The number of aliphatic hydroxyl groups is 1. The Hall–Kier alpha value is -3.58. The Morgan fingerprint density at radius 1 is 1.00 bits per heavy atom. The Bertz CT molecular complexity index is 1280. The number of nitrogens with zero attached hydrogens (tertiary/aromatic N) is 1. The van der Waals surface area contributed by atoms with Crippen molar-refractivity contribution in [3.8, 4) is 11.5 Å². The third kappa shape index (κ3) is 4.43. The van der Waals surface area contributed by atoms with Crippen LogP contribution in [0.15, 0.2) is 76.8 Å². The number of halogens is 1. The first-order chi connectivity index (χ1) is 16.3. The van der Waals surface area contributed by atoms with Gasteiger partial charge in [0.1, 0.15) is 17.3 Å². The van der Waals surface area contributed by atoms with Crippen molar-refractivity contribution in [3.63, 3.8) is 0 Å².